The van der Waals surface area contributed by atoms with Crippen LogP contribution in [0.2, 0.25) is 0 Å². The first-order chi connectivity index (χ1) is 7.16. The molecule has 1 atom stereocenters. The van der Waals surface area contributed by atoms with Crippen molar-refractivity contribution < 1.29 is 5.11 Å². The second-order valence-electron chi connectivity index (χ2n) is 3.51. The number of aryl methyl sites for hydroxylation is 2. The summed E-state index contributed by atoms with van der Waals surface area (Å²) in [7, 11) is 0. The quantitative estimate of drug-likeness (QED) is 0.844. The average molecular weight is 220 g/mol. The zero-order valence-electron chi connectivity index (χ0n) is 8.64. The Morgan fingerprint density at radius 3 is 2.47 bits per heavy atom. The van der Waals surface area contributed by atoms with Gasteiger partial charge in [0.15, 0.2) is 5.82 Å². The molecule has 0 radical (unpaired) electrons. The van der Waals surface area contributed by atoms with E-state index < -0.39 is 6.10 Å². The molecule has 3 nitrogen and oxygen atoms in total. The fourth-order valence-electron chi connectivity index (χ4n) is 1.30. The second-order valence-corrected chi connectivity index (χ2v) is 4.63. The third-order valence-electron chi connectivity index (χ3n) is 2.11. The van der Waals surface area contributed by atoms with Gasteiger partial charge in [0.25, 0.3) is 0 Å². The lowest BCUT2D eigenvalue weighted by Gasteiger charge is -2.06. The first-order valence-electron chi connectivity index (χ1n) is 4.68. The predicted octanol–water partition coefficient (Wildman–Crippen LogP) is 2.24. The van der Waals surface area contributed by atoms with Crippen LogP contribution in [-0.4, -0.2) is 15.1 Å². The molecule has 2 aromatic rings. The minimum atomic E-state index is -0.712. The maximum absolute atomic E-state index is 9.98. The van der Waals surface area contributed by atoms with Crippen molar-refractivity contribution >= 4 is 11.3 Å². The lowest BCUT2D eigenvalue weighted by Crippen LogP contribution is -2.03. The molecule has 2 rings (SSSR count). The van der Waals surface area contributed by atoms with E-state index in [4.69, 9.17) is 0 Å². The third kappa shape index (κ3) is 2.22. The Kier molecular flexibility index (Phi) is 2.79. The van der Waals surface area contributed by atoms with Crippen LogP contribution in [0.25, 0.3) is 0 Å². The lowest BCUT2D eigenvalue weighted by atomic mass is 10.2. The van der Waals surface area contributed by atoms with E-state index in [0.717, 1.165) is 11.1 Å². The molecule has 0 fully saturated rings. The predicted molar refractivity (Wildman–Crippen MR) is 59.9 cm³/mol. The summed E-state index contributed by atoms with van der Waals surface area (Å²) in [6.07, 6.45) is 2.71. The number of aliphatic hydroxyl groups excluding tert-OH is 1. The van der Waals surface area contributed by atoms with Crippen LogP contribution in [0.3, 0.4) is 0 Å². The van der Waals surface area contributed by atoms with E-state index in [1.54, 1.807) is 23.7 Å². The van der Waals surface area contributed by atoms with Crippen molar-refractivity contribution in [3.8, 4) is 0 Å². The van der Waals surface area contributed by atoms with Gasteiger partial charge in [-0.2, -0.15) is 0 Å². The van der Waals surface area contributed by atoms with Gasteiger partial charge in [-0.25, -0.2) is 9.97 Å². The van der Waals surface area contributed by atoms with E-state index in [9.17, 15) is 5.11 Å². The Morgan fingerprint density at radius 2 is 1.93 bits per heavy atom. The molecule has 0 aliphatic carbocycles. The summed E-state index contributed by atoms with van der Waals surface area (Å²) in [5.74, 6) is 0.457. The molecule has 0 saturated heterocycles. The number of aliphatic hydroxyl groups is 1. The zero-order chi connectivity index (χ0) is 10.8. The maximum atomic E-state index is 9.98. The molecule has 0 spiro atoms. The topological polar surface area (TPSA) is 46.0 Å². The first-order valence-corrected chi connectivity index (χ1v) is 5.56. The molecule has 1 N–H and O–H groups in total. The Hall–Kier alpha value is -1.26. The highest BCUT2D eigenvalue weighted by molar-refractivity contribution is 7.10. The zero-order valence-corrected chi connectivity index (χ0v) is 9.45. The molecule has 0 amide bonds. The molecule has 4 heteroatoms. The highest BCUT2D eigenvalue weighted by atomic mass is 32.1. The Morgan fingerprint density at radius 1 is 1.27 bits per heavy atom. The number of aromatic nitrogens is 2. The fourth-order valence-corrected chi connectivity index (χ4v) is 2.02. The van der Waals surface area contributed by atoms with Crippen molar-refractivity contribution in [1.82, 2.24) is 9.97 Å². The fraction of sp³-hybridized carbons (Fsp3) is 0.273. The van der Waals surface area contributed by atoms with Crippen LogP contribution >= 0.6 is 11.3 Å². The van der Waals surface area contributed by atoms with Crippen molar-refractivity contribution in [2.75, 3.05) is 0 Å². The van der Waals surface area contributed by atoms with Gasteiger partial charge in [0.05, 0.1) is 0 Å². The maximum Gasteiger partial charge on any atom is 0.161 e. The summed E-state index contributed by atoms with van der Waals surface area (Å²) in [4.78, 5) is 9.39. The Balaban J connectivity index is 2.28. The largest absolute Gasteiger partial charge is 0.380 e. The molecule has 2 aromatic heterocycles. The molecule has 0 aliphatic rings. The lowest BCUT2D eigenvalue weighted by molar-refractivity contribution is 0.210. The van der Waals surface area contributed by atoms with Crippen molar-refractivity contribution in [3.63, 3.8) is 0 Å². The molecule has 0 bridgehead atoms. The summed E-state index contributed by atoms with van der Waals surface area (Å²) in [5, 5.41) is 11.9. The van der Waals surface area contributed by atoms with E-state index in [-0.39, 0.29) is 0 Å². The van der Waals surface area contributed by atoms with Crippen LogP contribution in [-0.2, 0) is 0 Å². The summed E-state index contributed by atoms with van der Waals surface area (Å²) >= 11 is 1.61. The highest BCUT2D eigenvalue weighted by Gasteiger charge is 2.14. The van der Waals surface area contributed by atoms with Gasteiger partial charge in [0.2, 0.25) is 0 Å². The number of rotatable bonds is 2. The molecule has 0 saturated carbocycles. The van der Waals surface area contributed by atoms with Gasteiger partial charge in [0, 0.05) is 17.3 Å². The Labute approximate surface area is 92.5 Å². The van der Waals surface area contributed by atoms with Crippen molar-refractivity contribution in [2.45, 2.75) is 20.0 Å². The minimum Gasteiger partial charge on any atom is -0.380 e. The summed E-state index contributed by atoms with van der Waals surface area (Å²) in [5.41, 5.74) is 1.86. The molecular formula is C11H12N2OS. The standard InChI is InChI=1S/C11H12N2OS/c1-7-4-12-11(13-5-7)10(14)9-3-8(2)15-6-9/h3-6,10,14H,1-2H3. The summed E-state index contributed by atoms with van der Waals surface area (Å²) < 4.78 is 0. The normalized spacial score (nSPS) is 12.7. The number of nitrogens with zero attached hydrogens (tertiary/aromatic N) is 2. The number of hydrogen-bond acceptors (Lipinski definition) is 4. The van der Waals surface area contributed by atoms with Crippen LogP contribution in [0.15, 0.2) is 23.8 Å². The van der Waals surface area contributed by atoms with Crippen LogP contribution in [0.1, 0.15) is 27.9 Å². The molecule has 78 valence electrons. The van der Waals surface area contributed by atoms with E-state index in [1.165, 1.54) is 4.88 Å². The van der Waals surface area contributed by atoms with Crippen molar-refractivity contribution in [3.05, 3.63) is 45.7 Å². The van der Waals surface area contributed by atoms with Crippen LogP contribution in [0, 0.1) is 13.8 Å². The molecule has 0 aliphatic heterocycles. The molecule has 2 heterocycles. The van der Waals surface area contributed by atoms with E-state index in [2.05, 4.69) is 9.97 Å². The first kappa shape index (κ1) is 10.3. The van der Waals surface area contributed by atoms with Gasteiger partial charge in [-0.15, -0.1) is 11.3 Å². The Bertz CT molecular complexity index is 450. The van der Waals surface area contributed by atoms with Crippen LogP contribution < -0.4 is 0 Å². The van der Waals surface area contributed by atoms with E-state index in [1.807, 2.05) is 25.3 Å². The van der Waals surface area contributed by atoms with Crippen LogP contribution in [0.5, 0.6) is 0 Å². The molecule has 1 unspecified atom stereocenters. The summed E-state index contributed by atoms with van der Waals surface area (Å²) in [6, 6.07) is 1.96. The monoisotopic (exact) mass is 220 g/mol. The number of thiophene rings is 1. The minimum absolute atomic E-state index is 0.457. The molecule has 0 aromatic carbocycles. The van der Waals surface area contributed by atoms with Gasteiger partial charge in [-0.1, -0.05) is 0 Å². The van der Waals surface area contributed by atoms with Gasteiger partial charge in [-0.3, -0.25) is 0 Å². The highest BCUT2D eigenvalue weighted by Crippen LogP contribution is 2.23. The van der Waals surface area contributed by atoms with Gasteiger partial charge in [-0.05, 0) is 36.4 Å². The number of hydrogen-bond donors (Lipinski definition) is 1. The molecule has 15 heavy (non-hydrogen) atoms. The molecular weight excluding hydrogens is 208 g/mol. The second kappa shape index (κ2) is 4.08. The van der Waals surface area contributed by atoms with Crippen molar-refractivity contribution in [1.29, 1.82) is 0 Å². The van der Waals surface area contributed by atoms with Gasteiger partial charge in [0.1, 0.15) is 6.10 Å². The average Bonchev–Trinajstić information content (AvgIpc) is 2.65. The SMILES string of the molecule is Cc1cnc(C(O)c2csc(C)c2)nc1. The van der Waals surface area contributed by atoms with E-state index in [0.29, 0.717) is 5.82 Å². The summed E-state index contributed by atoms with van der Waals surface area (Å²) in [6.45, 7) is 3.93. The van der Waals surface area contributed by atoms with Gasteiger partial charge >= 0.3 is 0 Å². The van der Waals surface area contributed by atoms with Crippen LogP contribution in [0.4, 0.5) is 0 Å². The smallest absolute Gasteiger partial charge is 0.161 e. The van der Waals surface area contributed by atoms with E-state index >= 15 is 0 Å². The van der Waals surface area contributed by atoms with Gasteiger partial charge < -0.3 is 5.11 Å². The van der Waals surface area contributed by atoms with Crippen molar-refractivity contribution in [2.24, 2.45) is 0 Å². The third-order valence-corrected chi connectivity index (χ3v) is 2.99.